The lowest BCUT2D eigenvalue weighted by Gasteiger charge is -2.05. The number of nitrogens with zero attached hydrogens (tertiary/aromatic N) is 3. The first-order chi connectivity index (χ1) is 9.15. The van der Waals surface area contributed by atoms with Gasteiger partial charge in [0.2, 0.25) is 0 Å². The Kier molecular flexibility index (Phi) is 2.76. The van der Waals surface area contributed by atoms with Crippen LogP contribution in [0.1, 0.15) is 5.56 Å². The molecule has 0 radical (unpaired) electrons. The SMILES string of the molecule is Nc1ccc(Cl)cc1Cn1nc2ccccn2c1=O. The summed E-state index contributed by atoms with van der Waals surface area (Å²) in [5.41, 5.74) is 7.65. The summed E-state index contributed by atoms with van der Waals surface area (Å²) in [4.78, 5) is 12.1. The summed E-state index contributed by atoms with van der Waals surface area (Å²) >= 11 is 5.93. The van der Waals surface area contributed by atoms with E-state index in [1.807, 2.05) is 6.07 Å². The number of benzene rings is 1. The van der Waals surface area contributed by atoms with Gasteiger partial charge in [0.15, 0.2) is 5.65 Å². The summed E-state index contributed by atoms with van der Waals surface area (Å²) in [5.74, 6) is 0. The van der Waals surface area contributed by atoms with Crippen LogP contribution in [0.5, 0.6) is 0 Å². The fourth-order valence-corrected chi connectivity index (χ4v) is 2.14. The Bertz CT molecular complexity index is 806. The topological polar surface area (TPSA) is 65.3 Å². The first kappa shape index (κ1) is 11.8. The van der Waals surface area contributed by atoms with Gasteiger partial charge in [-0.25, -0.2) is 9.48 Å². The van der Waals surface area contributed by atoms with Crippen molar-refractivity contribution in [1.29, 1.82) is 0 Å². The van der Waals surface area contributed by atoms with Crippen molar-refractivity contribution in [3.63, 3.8) is 0 Å². The number of aromatic nitrogens is 3. The number of nitrogen functional groups attached to an aromatic ring is 1. The number of hydrogen-bond acceptors (Lipinski definition) is 3. The van der Waals surface area contributed by atoms with Gasteiger partial charge in [0.25, 0.3) is 0 Å². The third-order valence-electron chi connectivity index (χ3n) is 2.91. The van der Waals surface area contributed by atoms with Gasteiger partial charge in [-0.3, -0.25) is 4.40 Å². The Hall–Kier alpha value is -2.27. The van der Waals surface area contributed by atoms with Gasteiger partial charge in [-0.15, -0.1) is 5.10 Å². The average molecular weight is 275 g/mol. The molecule has 2 aromatic heterocycles. The largest absolute Gasteiger partial charge is 0.398 e. The highest BCUT2D eigenvalue weighted by molar-refractivity contribution is 6.30. The Morgan fingerprint density at radius 1 is 1.26 bits per heavy atom. The van der Waals surface area contributed by atoms with E-state index in [0.717, 1.165) is 5.56 Å². The molecule has 3 aromatic rings. The van der Waals surface area contributed by atoms with Gasteiger partial charge >= 0.3 is 5.69 Å². The van der Waals surface area contributed by atoms with Crippen molar-refractivity contribution in [2.24, 2.45) is 0 Å². The molecule has 19 heavy (non-hydrogen) atoms. The number of nitrogens with two attached hydrogens (primary N) is 1. The lowest BCUT2D eigenvalue weighted by molar-refractivity contribution is 0.660. The number of halogens is 1. The highest BCUT2D eigenvalue weighted by Crippen LogP contribution is 2.18. The molecule has 96 valence electrons. The van der Waals surface area contributed by atoms with Gasteiger partial charge in [-0.05, 0) is 35.9 Å². The summed E-state index contributed by atoms with van der Waals surface area (Å²) in [5, 5.41) is 4.83. The molecule has 0 aliphatic rings. The van der Waals surface area contributed by atoms with E-state index in [2.05, 4.69) is 5.10 Å². The molecular formula is C13H11ClN4O. The second-order valence-electron chi connectivity index (χ2n) is 4.21. The minimum Gasteiger partial charge on any atom is -0.398 e. The predicted molar refractivity (Wildman–Crippen MR) is 74.4 cm³/mol. The number of anilines is 1. The molecule has 0 atom stereocenters. The summed E-state index contributed by atoms with van der Waals surface area (Å²) < 4.78 is 2.86. The molecule has 0 fully saturated rings. The molecule has 0 bridgehead atoms. The lowest BCUT2D eigenvalue weighted by atomic mass is 10.2. The van der Waals surface area contributed by atoms with E-state index in [0.29, 0.717) is 22.9 Å². The first-order valence-corrected chi connectivity index (χ1v) is 6.11. The van der Waals surface area contributed by atoms with Crippen LogP contribution in [0.3, 0.4) is 0 Å². The third kappa shape index (κ3) is 2.08. The molecule has 6 heteroatoms. The van der Waals surface area contributed by atoms with Crippen molar-refractivity contribution in [2.45, 2.75) is 6.54 Å². The maximum absolute atomic E-state index is 12.1. The summed E-state index contributed by atoms with van der Waals surface area (Å²) in [6, 6.07) is 10.6. The Labute approximate surface area is 113 Å². The second-order valence-corrected chi connectivity index (χ2v) is 4.65. The van der Waals surface area contributed by atoms with Crippen LogP contribution in [0.25, 0.3) is 5.65 Å². The molecule has 0 aliphatic carbocycles. The number of fused-ring (bicyclic) bond motifs is 1. The smallest absolute Gasteiger partial charge is 0.350 e. The number of pyridine rings is 1. The number of hydrogen-bond donors (Lipinski definition) is 1. The fourth-order valence-electron chi connectivity index (χ4n) is 1.94. The third-order valence-corrected chi connectivity index (χ3v) is 3.15. The molecule has 5 nitrogen and oxygen atoms in total. The second kappa shape index (κ2) is 4.44. The summed E-state index contributed by atoms with van der Waals surface area (Å²) in [7, 11) is 0. The van der Waals surface area contributed by atoms with Crippen molar-refractivity contribution in [1.82, 2.24) is 14.2 Å². The average Bonchev–Trinajstić information content (AvgIpc) is 2.72. The van der Waals surface area contributed by atoms with Crippen LogP contribution < -0.4 is 11.4 Å². The van der Waals surface area contributed by atoms with Crippen LogP contribution in [0, 0.1) is 0 Å². The normalized spacial score (nSPS) is 11.0. The van der Waals surface area contributed by atoms with Crippen molar-refractivity contribution < 1.29 is 0 Å². The highest BCUT2D eigenvalue weighted by Gasteiger charge is 2.08. The first-order valence-electron chi connectivity index (χ1n) is 5.73. The predicted octanol–water partition coefficient (Wildman–Crippen LogP) is 1.78. The van der Waals surface area contributed by atoms with Gasteiger partial charge in [0, 0.05) is 16.9 Å². The summed E-state index contributed by atoms with van der Waals surface area (Å²) in [6.45, 7) is 0.299. The van der Waals surface area contributed by atoms with E-state index in [1.165, 1.54) is 9.08 Å². The van der Waals surface area contributed by atoms with E-state index in [1.54, 1.807) is 36.5 Å². The van der Waals surface area contributed by atoms with E-state index in [4.69, 9.17) is 17.3 Å². The summed E-state index contributed by atoms with van der Waals surface area (Å²) in [6.07, 6.45) is 1.68. The molecule has 0 aliphatic heterocycles. The van der Waals surface area contributed by atoms with Gasteiger partial charge in [0.05, 0.1) is 6.54 Å². The zero-order valence-corrected chi connectivity index (χ0v) is 10.7. The molecule has 0 saturated carbocycles. The Morgan fingerprint density at radius 3 is 2.89 bits per heavy atom. The van der Waals surface area contributed by atoms with Crippen LogP contribution in [0.2, 0.25) is 5.02 Å². The van der Waals surface area contributed by atoms with Crippen LogP contribution in [0.4, 0.5) is 5.69 Å². The molecule has 3 rings (SSSR count). The Morgan fingerprint density at radius 2 is 2.11 bits per heavy atom. The van der Waals surface area contributed by atoms with Crippen molar-refractivity contribution >= 4 is 22.9 Å². The maximum Gasteiger partial charge on any atom is 0.350 e. The van der Waals surface area contributed by atoms with Crippen LogP contribution >= 0.6 is 11.6 Å². The lowest BCUT2D eigenvalue weighted by Crippen LogP contribution is -2.22. The zero-order chi connectivity index (χ0) is 13.4. The van der Waals surface area contributed by atoms with Crippen LogP contribution in [0.15, 0.2) is 47.4 Å². The number of rotatable bonds is 2. The van der Waals surface area contributed by atoms with E-state index in [-0.39, 0.29) is 5.69 Å². The molecule has 0 unspecified atom stereocenters. The molecular weight excluding hydrogens is 264 g/mol. The van der Waals surface area contributed by atoms with Crippen molar-refractivity contribution in [2.75, 3.05) is 5.73 Å². The van der Waals surface area contributed by atoms with Gasteiger partial charge in [-0.1, -0.05) is 17.7 Å². The molecule has 1 aromatic carbocycles. The quantitative estimate of drug-likeness (QED) is 0.725. The van der Waals surface area contributed by atoms with Crippen LogP contribution in [-0.4, -0.2) is 14.2 Å². The molecule has 2 heterocycles. The molecule has 0 spiro atoms. The minimum absolute atomic E-state index is 0.199. The van der Waals surface area contributed by atoms with E-state index < -0.39 is 0 Å². The molecule has 2 N–H and O–H groups in total. The standard InChI is InChI=1S/C13H11ClN4O/c14-10-4-5-11(15)9(7-10)8-18-13(19)17-6-2-1-3-12(17)16-18/h1-7H,8,15H2. The fraction of sp³-hybridized carbons (Fsp3) is 0.0769. The highest BCUT2D eigenvalue weighted by atomic mass is 35.5. The van der Waals surface area contributed by atoms with Crippen LogP contribution in [-0.2, 0) is 6.54 Å². The Balaban J connectivity index is 2.08. The van der Waals surface area contributed by atoms with Gasteiger partial charge < -0.3 is 5.73 Å². The monoisotopic (exact) mass is 274 g/mol. The molecule has 0 amide bonds. The van der Waals surface area contributed by atoms with Gasteiger partial charge in [0.1, 0.15) is 0 Å². The van der Waals surface area contributed by atoms with E-state index >= 15 is 0 Å². The van der Waals surface area contributed by atoms with Crippen molar-refractivity contribution in [3.8, 4) is 0 Å². The maximum atomic E-state index is 12.1. The zero-order valence-electron chi connectivity index (χ0n) is 9.95. The molecule has 0 saturated heterocycles. The minimum atomic E-state index is -0.199. The van der Waals surface area contributed by atoms with E-state index in [9.17, 15) is 4.79 Å². The van der Waals surface area contributed by atoms with Crippen molar-refractivity contribution in [3.05, 3.63) is 63.7 Å². The van der Waals surface area contributed by atoms with Gasteiger partial charge in [-0.2, -0.15) is 0 Å².